The molecule has 0 aliphatic rings. The number of likely N-dealkylation sites (N-methyl/N-ethyl adjacent to an activating group) is 1. The predicted molar refractivity (Wildman–Crippen MR) is 82.0 cm³/mol. The van der Waals surface area contributed by atoms with E-state index in [1.807, 2.05) is 11.7 Å². The van der Waals surface area contributed by atoms with Crippen LogP contribution in [-0.2, 0) is 19.4 Å². The molecule has 0 aliphatic heterocycles. The summed E-state index contributed by atoms with van der Waals surface area (Å²) in [6.45, 7) is 6.16. The Hall–Kier alpha value is -0.580. The lowest BCUT2D eigenvalue weighted by atomic mass is 10.1. The Balaban J connectivity index is 2.80. The van der Waals surface area contributed by atoms with Gasteiger partial charge in [0.2, 0.25) is 0 Å². The number of aromatic nitrogens is 2. The maximum absolute atomic E-state index is 6.45. The molecule has 1 atom stereocenters. The van der Waals surface area contributed by atoms with Gasteiger partial charge in [-0.05, 0) is 47.5 Å². The van der Waals surface area contributed by atoms with Crippen molar-refractivity contribution in [3.05, 3.63) is 16.4 Å². The van der Waals surface area contributed by atoms with Gasteiger partial charge < -0.3 is 10.2 Å². The molecule has 1 heterocycles. The lowest BCUT2D eigenvalue weighted by Crippen LogP contribution is -2.32. The summed E-state index contributed by atoms with van der Waals surface area (Å²) in [6.07, 6.45) is 2.93. The Morgan fingerprint density at radius 2 is 2.05 bits per heavy atom. The molecule has 5 heteroatoms. The first kappa shape index (κ1) is 16.5. The summed E-state index contributed by atoms with van der Waals surface area (Å²) in [5, 5.41) is 8.82. The summed E-state index contributed by atoms with van der Waals surface area (Å²) in [5.74, 6) is 0. The van der Waals surface area contributed by atoms with Crippen LogP contribution in [0.1, 0.15) is 31.7 Å². The van der Waals surface area contributed by atoms with E-state index in [1.165, 1.54) is 5.69 Å². The molecule has 0 saturated heterocycles. The van der Waals surface area contributed by atoms with Gasteiger partial charge in [0.15, 0.2) is 0 Å². The molecular weight excluding hydrogens is 260 g/mol. The molecule has 0 bridgehead atoms. The Bertz CT molecular complexity index is 387. The van der Waals surface area contributed by atoms with E-state index in [0.717, 1.165) is 43.1 Å². The number of nitrogens with zero attached hydrogens (tertiary/aromatic N) is 3. The van der Waals surface area contributed by atoms with Crippen LogP contribution in [0.4, 0.5) is 0 Å². The fourth-order valence-electron chi connectivity index (χ4n) is 2.21. The number of hydrogen-bond acceptors (Lipinski definition) is 3. The molecule has 0 aromatic carbocycles. The molecule has 0 fully saturated rings. The van der Waals surface area contributed by atoms with Crippen molar-refractivity contribution < 1.29 is 0 Å². The van der Waals surface area contributed by atoms with Crippen molar-refractivity contribution in [2.24, 2.45) is 0 Å². The van der Waals surface area contributed by atoms with Crippen LogP contribution in [0, 0.1) is 0 Å². The average Bonchev–Trinajstić information content (AvgIpc) is 2.70. The second-order valence-corrected chi connectivity index (χ2v) is 5.54. The van der Waals surface area contributed by atoms with Gasteiger partial charge in [0.25, 0.3) is 0 Å². The largest absolute Gasteiger partial charge is 0.317 e. The lowest BCUT2D eigenvalue weighted by molar-refractivity contribution is 0.361. The minimum atomic E-state index is 0.437. The molecule has 0 saturated carbocycles. The number of aryl methyl sites for hydroxylation is 2. The van der Waals surface area contributed by atoms with E-state index in [9.17, 15) is 0 Å². The molecule has 0 spiro atoms. The van der Waals surface area contributed by atoms with E-state index in [1.54, 1.807) is 0 Å². The van der Waals surface area contributed by atoms with E-state index in [2.05, 4.69) is 43.3 Å². The van der Waals surface area contributed by atoms with Crippen LogP contribution in [0.3, 0.4) is 0 Å². The van der Waals surface area contributed by atoms with Crippen LogP contribution in [0.25, 0.3) is 0 Å². The summed E-state index contributed by atoms with van der Waals surface area (Å²) >= 11 is 6.45. The summed E-state index contributed by atoms with van der Waals surface area (Å²) in [6, 6.07) is 0.437. The van der Waals surface area contributed by atoms with Crippen molar-refractivity contribution in [1.82, 2.24) is 20.0 Å². The first-order valence-corrected chi connectivity index (χ1v) is 7.47. The molecule has 1 rings (SSSR count). The molecule has 19 heavy (non-hydrogen) atoms. The monoisotopic (exact) mass is 286 g/mol. The first-order valence-electron chi connectivity index (χ1n) is 7.09. The van der Waals surface area contributed by atoms with Crippen molar-refractivity contribution in [2.45, 2.75) is 45.7 Å². The average molecular weight is 287 g/mol. The molecule has 0 radical (unpaired) electrons. The SMILES string of the molecule is CCc1nn(CC)c(CC(CCN(C)C)NC)c1Cl. The highest BCUT2D eigenvalue weighted by atomic mass is 35.5. The fraction of sp³-hybridized carbons (Fsp3) is 0.786. The highest BCUT2D eigenvalue weighted by Gasteiger charge is 2.18. The standard InChI is InChI=1S/C14H27ClN4/c1-6-12-14(15)13(19(7-2)17-12)10-11(16-3)8-9-18(4)5/h11,16H,6-10H2,1-5H3. The third-order valence-corrected chi connectivity index (χ3v) is 3.90. The second-order valence-electron chi connectivity index (χ2n) is 5.16. The van der Waals surface area contributed by atoms with Gasteiger partial charge in [-0.2, -0.15) is 5.10 Å². The van der Waals surface area contributed by atoms with Crippen molar-refractivity contribution >= 4 is 11.6 Å². The van der Waals surface area contributed by atoms with E-state index in [4.69, 9.17) is 11.6 Å². The zero-order valence-electron chi connectivity index (χ0n) is 12.8. The van der Waals surface area contributed by atoms with Crippen molar-refractivity contribution in [3.8, 4) is 0 Å². The number of rotatable bonds is 8. The number of halogens is 1. The van der Waals surface area contributed by atoms with Gasteiger partial charge in [0.05, 0.1) is 16.4 Å². The lowest BCUT2D eigenvalue weighted by Gasteiger charge is -2.19. The van der Waals surface area contributed by atoms with Crippen LogP contribution >= 0.6 is 11.6 Å². The van der Waals surface area contributed by atoms with Crippen LogP contribution in [0.2, 0.25) is 5.02 Å². The molecule has 0 aliphatic carbocycles. The fourth-order valence-corrected chi connectivity index (χ4v) is 2.55. The Morgan fingerprint density at radius 3 is 2.53 bits per heavy atom. The first-order chi connectivity index (χ1) is 9.03. The van der Waals surface area contributed by atoms with Crippen LogP contribution in [0.5, 0.6) is 0 Å². The van der Waals surface area contributed by atoms with E-state index in [-0.39, 0.29) is 0 Å². The second kappa shape index (κ2) is 7.88. The van der Waals surface area contributed by atoms with Gasteiger partial charge in [0.1, 0.15) is 0 Å². The molecule has 1 N–H and O–H groups in total. The zero-order chi connectivity index (χ0) is 14.4. The van der Waals surface area contributed by atoms with Crippen molar-refractivity contribution in [3.63, 3.8) is 0 Å². The Kier molecular flexibility index (Phi) is 6.83. The van der Waals surface area contributed by atoms with Crippen LogP contribution < -0.4 is 5.32 Å². The molecule has 1 unspecified atom stereocenters. The van der Waals surface area contributed by atoms with Gasteiger partial charge >= 0.3 is 0 Å². The number of hydrogen-bond donors (Lipinski definition) is 1. The third kappa shape index (κ3) is 4.48. The molecule has 4 nitrogen and oxygen atoms in total. The van der Waals surface area contributed by atoms with Gasteiger partial charge in [-0.3, -0.25) is 4.68 Å². The molecule has 0 amide bonds. The van der Waals surface area contributed by atoms with Crippen LogP contribution in [0.15, 0.2) is 0 Å². The molecule has 1 aromatic heterocycles. The summed E-state index contributed by atoms with van der Waals surface area (Å²) in [5.41, 5.74) is 2.18. The molecular formula is C14H27ClN4. The molecule has 110 valence electrons. The van der Waals surface area contributed by atoms with Gasteiger partial charge in [0, 0.05) is 19.0 Å². The smallest absolute Gasteiger partial charge is 0.0850 e. The zero-order valence-corrected chi connectivity index (χ0v) is 13.6. The molecule has 1 aromatic rings. The summed E-state index contributed by atoms with van der Waals surface area (Å²) in [4.78, 5) is 2.21. The minimum absolute atomic E-state index is 0.437. The van der Waals surface area contributed by atoms with Crippen molar-refractivity contribution in [1.29, 1.82) is 0 Å². The predicted octanol–water partition coefficient (Wildman–Crippen LogP) is 2.20. The number of nitrogens with one attached hydrogen (secondary N) is 1. The summed E-state index contributed by atoms with van der Waals surface area (Å²) < 4.78 is 2.04. The van der Waals surface area contributed by atoms with Crippen molar-refractivity contribution in [2.75, 3.05) is 27.7 Å². The van der Waals surface area contributed by atoms with Gasteiger partial charge in [-0.25, -0.2) is 0 Å². The Morgan fingerprint density at radius 1 is 1.37 bits per heavy atom. The third-order valence-electron chi connectivity index (χ3n) is 3.47. The quantitative estimate of drug-likeness (QED) is 0.795. The summed E-state index contributed by atoms with van der Waals surface area (Å²) in [7, 11) is 6.22. The Labute approximate surface area is 122 Å². The van der Waals surface area contributed by atoms with Gasteiger partial charge in [-0.15, -0.1) is 0 Å². The van der Waals surface area contributed by atoms with Gasteiger partial charge in [-0.1, -0.05) is 18.5 Å². The minimum Gasteiger partial charge on any atom is -0.317 e. The van der Waals surface area contributed by atoms with E-state index >= 15 is 0 Å². The normalized spacial score (nSPS) is 13.2. The maximum Gasteiger partial charge on any atom is 0.0850 e. The van der Waals surface area contributed by atoms with E-state index < -0.39 is 0 Å². The van der Waals surface area contributed by atoms with E-state index in [0.29, 0.717) is 6.04 Å². The highest BCUT2D eigenvalue weighted by molar-refractivity contribution is 6.31. The highest BCUT2D eigenvalue weighted by Crippen LogP contribution is 2.23. The topological polar surface area (TPSA) is 33.1 Å². The maximum atomic E-state index is 6.45. The van der Waals surface area contributed by atoms with Crippen LogP contribution in [-0.4, -0.2) is 48.4 Å².